The highest BCUT2D eigenvalue weighted by Crippen LogP contribution is 2.37. The van der Waals surface area contributed by atoms with E-state index in [4.69, 9.17) is 5.73 Å². The van der Waals surface area contributed by atoms with Gasteiger partial charge in [-0.1, -0.05) is 42.1 Å². The van der Waals surface area contributed by atoms with E-state index in [0.29, 0.717) is 0 Å². The van der Waals surface area contributed by atoms with Gasteiger partial charge in [0.15, 0.2) is 0 Å². The number of thiophene rings is 1. The number of anilines is 1. The highest BCUT2D eigenvalue weighted by atomic mass is 32.2. The molecule has 2 aromatic carbocycles. The molecule has 0 aliphatic heterocycles. The summed E-state index contributed by atoms with van der Waals surface area (Å²) in [6.45, 7) is 0. The number of hydrogen-bond acceptors (Lipinski definition) is 4. The molecule has 0 fully saturated rings. The van der Waals surface area contributed by atoms with Gasteiger partial charge in [-0.25, -0.2) is 0 Å². The van der Waals surface area contributed by atoms with Crippen LogP contribution in [0.1, 0.15) is 4.88 Å². The van der Waals surface area contributed by atoms with Crippen LogP contribution in [0.2, 0.25) is 0 Å². The topological polar surface area (TPSA) is 38.4 Å². The van der Waals surface area contributed by atoms with Gasteiger partial charge in [0.25, 0.3) is 0 Å². The first-order chi connectivity index (χ1) is 10.3. The van der Waals surface area contributed by atoms with Crippen molar-refractivity contribution in [2.24, 2.45) is 4.99 Å². The van der Waals surface area contributed by atoms with Gasteiger partial charge in [0.05, 0.1) is 5.69 Å². The van der Waals surface area contributed by atoms with Gasteiger partial charge in [0, 0.05) is 26.6 Å². The summed E-state index contributed by atoms with van der Waals surface area (Å²) in [4.78, 5) is 7.90. The number of nitrogen functional groups attached to an aromatic ring is 1. The molecule has 1 aromatic heterocycles. The molecule has 0 amide bonds. The van der Waals surface area contributed by atoms with Crippen LogP contribution in [-0.2, 0) is 0 Å². The molecule has 2 N–H and O–H groups in total. The Labute approximate surface area is 132 Å². The summed E-state index contributed by atoms with van der Waals surface area (Å²) < 4.78 is 0. The zero-order chi connectivity index (χ0) is 14.5. The normalized spacial score (nSPS) is 11.0. The molecule has 104 valence electrons. The van der Waals surface area contributed by atoms with Crippen LogP contribution in [0.3, 0.4) is 0 Å². The molecule has 0 aliphatic rings. The molecule has 0 aliphatic carbocycles. The van der Waals surface area contributed by atoms with Crippen LogP contribution in [0.5, 0.6) is 0 Å². The fourth-order valence-electron chi connectivity index (χ4n) is 1.84. The second-order valence-electron chi connectivity index (χ2n) is 4.38. The smallest absolute Gasteiger partial charge is 0.0769 e. The maximum Gasteiger partial charge on any atom is 0.0769 e. The van der Waals surface area contributed by atoms with Crippen molar-refractivity contribution in [1.82, 2.24) is 0 Å². The highest BCUT2D eigenvalue weighted by Gasteiger charge is 2.05. The molecule has 0 saturated heterocycles. The summed E-state index contributed by atoms with van der Waals surface area (Å²) >= 11 is 3.32. The minimum Gasteiger partial charge on any atom is -0.398 e. The number of rotatable bonds is 4. The van der Waals surface area contributed by atoms with Crippen LogP contribution >= 0.6 is 23.1 Å². The Morgan fingerprint density at radius 3 is 2.43 bits per heavy atom. The average molecular weight is 310 g/mol. The molecule has 1 heterocycles. The van der Waals surface area contributed by atoms with Gasteiger partial charge in [-0.2, -0.15) is 0 Å². The zero-order valence-electron chi connectivity index (χ0n) is 11.3. The quantitative estimate of drug-likeness (QED) is 0.529. The Bertz CT molecular complexity index is 749. The van der Waals surface area contributed by atoms with E-state index in [1.54, 1.807) is 23.1 Å². The average Bonchev–Trinajstić information content (AvgIpc) is 3.02. The van der Waals surface area contributed by atoms with Crippen LogP contribution in [-0.4, -0.2) is 6.21 Å². The van der Waals surface area contributed by atoms with Gasteiger partial charge in [0.2, 0.25) is 0 Å². The van der Waals surface area contributed by atoms with Crippen molar-refractivity contribution < 1.29 is 0 Å². The van der Waals surface area contributed by atoms with Crippen molar-refractivity contribution in [2.75, 3.05) is 5.73 Å². The van der Waals surface area contributed by atoms with Gasteiger partial charge >= 0.3 is 0 Å². The monoisotopic (exact) mass is 310 g/mol. The van der Waals surface area contributed by atoms with Crippen LogP contribution in [0.25, 0.3) is 0 Å². The Morgan fingerprint density at radius 1 is 0.905 bits per heavy atom. The van der Waals surface area contributed by atoms with Crippen molar-refractivity contribution in [3.05, 3.63) is 70.9 Å². The predicted molar refractivity (Wildman–Crippen MR) is 93.0 cm³/mol. The first kappa shape index (κ1) is 13.9. The maximum atomic E-state index is 6.01. The number of para-hydroxylation sites is 2. The molecule has 4 heteroatoms. The number of nitrogens with two attached hydrogens (primary N) is 1. The van der Waals surface area contributed by atoms with Crippen molar-refractivity contribution in [3.8, 4) is 0 Å². The fourth-order valence-corrected chi connectivity index (χ4v) is 3.37. The summed E-state index contributed by atoms with van der Waals surface area (Å²) in [6.07, 6.45) is 1.90. The first-order valence-electron chi connectivity index (χ1n) is 6.52. The van der Waals surface area contributed by atoms with Gasteiger partial charge in [-0.05, 0) is 35.7 Å². The molecule has 0 radical (unpaired) electrons. The first-order valence-corrected chi connectivity index (χ1v) is 8.21. The summed E-state index contributed by atoms with van der Waals surface area (Å²) in [7, 11) is 0. The van der Waals surface area contributed by atoms with Crippen LogP contribution in [0.4, 0.5) is 11.4 Å². The third kappa shape index (κ3) is 3.54. The molecule has 3 aromatic rings. The van der Waals surface area contributed by atoms with E-state index < -0.39 is 0 Å². The van der Waals surface area contributed by atoms with E-state index in [0.717, 1.165) is 26.0 Å². The summed E-state index contributed by atoms with van der Waals surface area (Å²) in [5, 5.41) is 2.05. The lowest BCUT2D eigenvalue weighted by Crippen LogP contribution is -1.87. The second kappa shape index (κ2) is 6.61. The lowest BCUT2D eigenvalue weighted by molar-refractivity contribution is 1.36. The molecule has 0 bridgehead atoms. The van der Waals surface area contributed by atoms with Gasteiger partial charge in [-0.3, -0.25) is 4.99 Å². The molecule has 2 nitrogen and oxygen atoms in total. The SMILES string of the molecule is Nc1ccccc1Sc1ccccc1N=Cc1cccs1. The van der Waals surface area contributed by atoms with E-state index in [1.165, 1.54) is 0 Å². The van der Waals surface area contributed by atoms with Crippen LogP contribution < -0.4 is 5.73 Å². The Balaban J connectivity index is 1.88. The second-order valence-corrected chi connectivity index (χ2v) is 6.44. The third-order valence-corrected chi connectivity index (χ3v) is 4.84. The summed E-state index contributed by atoms with van der Waals surface area (Å²) in [6, 6.07) is 20.1. The van der Waals surface area contributed by atoms with E-state index >= 15 is 0 Å². The molecule has 21 heavy (non-hydrogen) atoms. The van der Waals surface area contributed by atoms with Crippen molar-refractivity contribution in [1.29, 1.82) is 0 Å². The lowest BCUT2D eigenvalue weighted by atomic mass is 10.3. The molecule has 0 unspecified atom stereocenters. The van der Waals surface area contributed by atoms with E-state index in [2.05, 4.69) is 17.1 Å². The summed E-state index contributed by atoms with van der Waals surface area (Å²) in [5.41, 5.74) is 7.76. The van der Waals surface area contributed by atoms with Crippen LogP contribution in [0.15, 0.2) is 80.8 Å². The molecular formula is C17H14N2S2. The lowest BCUT2D eigenvalue weighted by Gasteiger charge is -2.07. The highest BCUT2D eigenvalue weighted by molar-refractivity contribution is 7.99. The van der Waals surface area contributed by atoms with Gasteiger partial charge < -0.3 is 5.73 Å². The van der Waals surface area contributed by atoms with E-state index in [1.807, 2.05) is 60.1 Å². The zero-order valence-corrected chi connectivity index (χ0v) is 12.9. The molecule has 0 saturated carbocycles. The van der Waals surface area contributed by atoms with E-state index in [9.17, 15) is 0 Å². The summed E-state index contributed by atoms with van der Waals surface area (Å²) in [5.74, 6) is 0. The Kier molecular flexibility index (Phi) is 4.38. The molecule has 3 rings (SSSR count). The van der Waals surface area contributed by atoms with Gasteiger partial charge in [-0.15, -0.1) is 11.3 Å². The number of hydrogen-bond donors (Lipinski definition) is 1. The minimum absolute atomic E-state index is 0.791. The standard InChI is InChI=1S/C17H14N2S2/c18-14-7-1-3-9-16(14)21-17-10-4-2-8-15(17)19-12-13-6-5-11-20-13/h1-12H,18H2. The minimum atomic E-state index is 0.791. The van der Waals surface area contributed by atoms with Crippen molar-refractivity contribution in [2.45, 2.75) is 9.79 Å². The van der Waals surface area contributed by atoms with E-state index in [-0.39, 0.29) is 0 Å². The predicted octanol–water partition coefficient (Wildman–Crippen LogP) is 5.23. The molecule has 0 atom stereocenters. The Hall–Kier alpha value is -2.04. The number of benzene rings is 2. The third-order valence-electron chi connectivity index (χ3n) is 2.88. The Morgan fingerprint density at radius 2 is 1.67 bits per heavy atom. The number of aliphatic imine (C=N–C) groups is 1. The van der Waals surface area contributed by atoms with Crippen molar-refractivity contribution in [3.63, 3.8) is 0 Å². The van der Waals surface area contributed by atoms with Crippen LogP contribution in [0, 0.1) is 0 Å². The maximum absolute atomic E-state index is 6.01. The largest absolute Gasteiger partial charge is 0.398 e. The fraction of sp³-hybridized carbons (Fsp3) is 0. The number of nitrogens with zero attached hydrogens (tertiary/aromatic N) is 1. The molecular weight excluding hydrogens is 296 g/mol. The molecule has 0 spiro atoms. The van der Waals surface area contributed by atoms with Crippen molar-refractivity contribution >= 4 is 40.7 Å². The van der Waals surface area contributed by atoms with Gasteiger partial charge in [0.1, 0.15) is 0 Å².